The minimum Gasteiger partial charge on any atom is -0.468 e. The molecule has 0 spiro atoms. The SMILES string of the molecule is COC(=O)C(NCc1occc1Br)c1ccccc1. The lowest BCUT2D eigenvalue weighted by atomic mass is 10.1. The van der Waals surface area contributed by atoms with Crippen molar-refractivity contribution < 1.29 is 13.9 Å². The summed E-state index contributed by atoms with van der Waals surface area (Å²) in [4.78, 5) is 11.8. The van der Waals surface area contributed by atoms with Crippen LogP contribution in [0.2, 0.25) is 0 Å². The molecule has 1 aromatic carbocycles. The van der Waals surface area contributed by atoms with Gasteiger partial charge in [0, 0.05) is 0 Å². The molecule has 0 amide bonds. The molecule has 1 atom stereocenters. The summed E-state index contributed by atoms with van der Waals surface area (Å²) < 4.78 is 11.0. The molecule has 2 rings (SSSR count). The first-order valence-electron chi connectivity index (χ1n) is 5.80. The highest BCUT2D eigenvalue weighted by molar-refractivity contribution is 9.10. The number of carbonyl (C=O) groups excluding carboxylic acids is 1. The van der Waals surface area contributed by atoms with Crippen LogP contribution in [0.25, 0.3) is 0 Å². The third-order valence-corrected chi connectivity index (χ3v) is 3.43. The van der Waals surface area contributed by atoms with Gasteiger partial charge in [0.25, 0.3) is 0 Å². The molecule has 4 nitrogen and oxygen atoms in total. The molecule has 2 aromatic rings. The Kier molecular flexibility index (Phi) is 4.76. The molecule has 1 aromatic heterocycles. The zero-order chi connectivity index (χ0) is 13.7. The summed E-state index contributed by atoms with van der Waals surface area (Å²) in [6, 6.07) is 10.7. The Morgan fingerprint density at radius 2 is 2.11 bits per heavy atom. The van der Waals surface area contributed by atoms with E-state index in [0.717, 1.165) is 15.8 Å². The number of hydrogen-bond acceptors (Lipinski definition) is 4. The normalized spacial score (nSPS) is 12.1. The van der Waals surface area contributed by atoms with Crippen molar-refractivity contribution in [1.82, 2.24) is 5.32 Å². The van der Waals surface area contributed by atoms with Gasteiger partial charge >= 0.3 is 5.97 Å². The maximum Gasteiger partial charge on any atom is 0.327 e. The third-order valence-electron chi connectivity index (χ3n) is 2.73. The van der Waals surface area contributed by atoms with Gasteiger partial charge in [0.15, 0.2) is 0 Å². The number of esters is 1. The number of nitrogens with one attached hydrogen (secondary N) is 1. The minimum absolute atomic E-state index is 0.325. The molecule has 0 radical (unpaired) electrons. The molecule has 1 heterocycles. The quantitative estimate of drug-likeness (QED) is 0.859. The summed E-state index contributed by atoms with van der Waals surface area (Å²) in [6.07, 6.45) is 1.59. The van der Waals surface area contributed by atoms with Crippen LogP contribution in [0.1, 0.15) is 17.4 Å². The number of ether oxygens (including phenoxy) is 1. The van der Waals surface area contributed by atoms with Crippen LogP contribution < -0.4 is 5.32 Å². The fraction of sp³-hybridized carbons (Fsp3) is 0.214. The molecule has 0 fully saturated rings. The van der Waals surface area contributed by atoms with Gasteiger partial charge in [-0.1, -0.05) is 30.3 Å². The van der Waals surface area contributed by atoms with E-state index in [9.17, 15) is 4.79 Å². The lowest BCUT2D eigenvalue weighted by Crippen LogP contribution is -2.29. The first-order valence-corrected chi connectivity index (χ1v) is 6.59. The highest BCUT2D eigenvalue weighted by atomic mass is 79.9. The van der Waals surface area contributed by atoms with E-state index in [1.165, 1.54) is 7.11 Å². The molecule has 19 heavy (non-hydrogen) atoms. The molecule has 5 heteroatoms. The van der Waals surface area contributed by atoms with E-state index < -0.39 is 6.04 Å². The summed E-state index contributed by atoms with van der Waals surface area (Å²) in [5.41, 5.74) is 0.858. The first kappa shape index (κ1) is 13.8. The van der Waals surface area contributed by atoms with Gasteiger partial charge in [-0.15, -0.1) is 0 Å². The van der Waals surface area contributed by atoms with Gasteiger partial charge in [-0.3, -0.25) is 5.32 Å². The van der Waals surface area contributed by atoms with Crippen LogP contribution in [0, 0.1) is 0 Å². The number of rotatable bonds is 5. The van der Waals surface area contributed by atoms with Crippen LogP contribution in [0.15, 0.2) is 51.6 Å². The summed E-state index contributed by atoms with van der Waals surface area (Å²) in [7, 11) is 1.38. The third kappa shape index (κ3) is 3.45. The van der Waals surface area contributed by atoms with Crippen molar-refractivity contribution in [1.29, 1.82) is 0 Å². The van der Waals surface area contributed by atoms with E-state index in [0.29, 0.717) is 6.54 Å². The molecule has 100 valence electrons. The molecule has 1 unspecified atom stereocenters. The van der Waals surface area contributed by atoms with Gasteiger partial charge < -0.3 is 9.15 Å². The van der Waals surface area contributed by atoms with E-state index in [1.54, 1.807) is 6.26 Å². The topological polar surface area (TPSA) is 51.5 Å². The Labute approximate surface area is 119 Å². The number of carbonyl (C=O) groups is 1. The molecule has 0 saturated carbocycles. The standard InChI is InChI=1S/C14H14BrNO3/c1-18-14(17)13(10-5-3-2-4-6-10)16-9-12-11(15)7-8-19-12/h2-8,13,16H,9H2,1H3. The molecule has 1 N–H and O–H groups in total. The first-order chi connectivity index (χ1) is 9.22. The number of furan rings is 1. The maximum atomic E-state index is 11.8. The van der Waals surface area contributed by atoms with Crippen molar-refractivity contribution in [3.63, 3.8) is 0 Å². The second-order valence-electron chi connectivity index (χ2n) is 3.94. The Balaban J connectivity index is 2.11. The van der Waals surface area contributed by atoms with Crippen molar-refractivity contribution in [3.05, 3.63) is 58.5 Å². The van der Waals surface area contributed by atoms with Gasteiger partial charge in [0.05, 0.1) is 24.4 Å². The molecule has 0 bridgehead atoms. The molecule has 0 aliphatic carbocycles. The molecular weight excluding hydrogens is 310 g/mol. The molecule has 0 aliphatic rings. The van der Waals surface area contributed by atoms with Crippen molar-refractivity contribution in [3.8, 4) is 0 Å². The highest BCUT2D eigenvalue weighted by Crippen LogP contribution is 2.20. The second-order valence-corrected chi connectivity index (χ2v) is 4.79. The smallest absolute Gasteiger partial charge is 0.327 e. The molecular formula is C14H14BrNO3. The van der Waals surface area contributed by atoms with Crippen molar-refractivity contribution in [2.24, 2.45) is 0 Å². The maximum absolute atomic E-state index is 11.8. The zero-order valence-electron chi connectivity index (χ0n) is 10.4. The highest BCUT2D eigenvalue weighted by Gasteiger charge is 2.21. The fourth-order valence-corrected chi connectivity index (χ4v) is 2.09. The van der Waals surface area contributed by atoms with E-state index in [2.05, 4.69) is 21.2 Å². The Hall–Kier alpha value is -1.59. The summed E-state index contributed by atoms with van der Waals surface area (Å²) in [5.74, 6) is 0.415. The average Bonchev–Trinajstić information content (AvgIpc) is 2.85. The Morgan fingerprint density at radius 1 is 1.37 bits per heavy atom. The number of hydrogen-bond donors (Lipinski definition) is 1. The van der Waals surface area contributed by atoms with E-state index in [1.807, 2.05) is 36.4 Å². The van der Waals surface area contributed by atoms with Crippen LogP contribution in [-0.4, -0.2) is 13.1 Å². The van der Waals surface area contributed by atoms with Crippen LogP contribution in [-0.2, 0) is 16.1 Å². The molecule has 0 saturated heterocycles. The van der Waals surface area contributed by atoms with Gasteiger partial charge in [-0.05, 0) is 27.6 Å². The summed E-state index contributed by atoms with van der Waals surface area (Å²) >= 11 is 3.38. The van der Waals surface area contributed by atoms with Crippen LogP contribution in [0.4, 0.5) is 0 Å². The van der Waals surface area contributed by atoms with Gasteiger partial charge in [-0.2, -0.15) is 0 Å². The molecule has 0 aliphatic heterocycles. The van der Waals surface area contributed by atoms with Crippen molar-refractivity contribution >= 4 is 21.9 Å². The van der Waals surface area contributed by atoms with Crippen LogP contribution in [0.5, 0.6) is 0 Å². The minimum atomic E-state index is -0.511. The second kappa shape index (κ2) is 6.54. The zero-order valence-corrected chi connectivity index (χ0v) is 12.0. The van der Waals surface area contributed by atoms with Crippen LogP contribution >= 0.6 is 15.9 Å². The number of benzene rings is 1. The Morgan fingerprint density at radius 3 is 2.68 bits per heavy atom. The van der Waals surface area contributed by atoms with E-state index in [-0.39, 0.29) is 5.97 Å². The van der Waals surface area contributed by atoms with Crippen LogP contribution in [0.3, 0.4) is 0 Å². The fourth-order valence-electron chi connectivity index (χ4n) is 1.75. The Bertz CT molecular complexity index is 539. The number of methoxy groups -OCH3 is 1. The van der Waals surface area contributed by atoms with Crippen molar-refractivity contribution in [2.45, 2.75) is 12.6 Å². The van der Waals surface area contributed by atoms with Crippen molar-refractivity contribution in [2.75, 3.05) is 7.11 Å². The summed E-state index contributed by atoms with van der Waals surface area (Å²) in [5, 5.41) is 3.13. The van der Waals surface area contributed by atoms with E-state index >= 15 is 0 Å². The van der Waals surface area contributed by atoms with Gasteiger partial charge in [0.2, 0.25) is 0 Å². The van der Waals surface area contributed by atoms with Gasteiger partial charge in [-0.25, -0.2) is 4.79 Å². The largest absolute Gasteiger partial charge is 0.468 e. The average molecular weight is 324 g/mol. The predicted octanol–water partition coefficient (Wildman–Crippen LogP) is 3.05. The lowest BCUT2D eigenvalue weighted by molar-refractivity contribution is -0.143. The predicted molar refractivity (Wildman–Crippen MR) is 74.4 cm³/mol. The van der Waals surface area contributed by atoms with Gasteiger partial charge in [0.1, 0.15) is 11.8 Å². The lowest BCUT2D eigenvalue weighted by Gasteiger charge is -2.16. The summed E-state index contributed by atoms with van der Waals surface area (Å²) in [6.45, 7) is 0.433. The monoisotopic (exact) mass is 323 g/mol. The number of halogens is 1. The van der Waals surface area contributed by atoms with E-state index in [4.69, 9.17) is 9.15 Å².